The Bertz CT molecular complexity index is 575. The first-order chi connectivity index (χ1) is 9.13. The summed E-state index contributed by atoms with van der Waals surface area (Å²) in [4.78, 5) is 4.18. The molecule has 0 aliphatic carbocycles. The third-order valence-electron chi connectivity index (χ3n) is 2.74. The standard InChI is InChI=1S/C14H13ClF2N2/c1-2-18-13(14-11(15)4-3-7-19-14)10-6-5-9(16)8-12(10)17/h3-8,13,18H,2H2,1H3. The number of nitrogens with zero attached hydrogens (tertiary/aromatic N) is 1. The highest BCUT2D eigenvalue weighted by molar-refractivity contribution is 6.31. The lowest BCUT2D eigenvalue weighted by molar-refractivity contribution is 0.536. The number of hydrogen-bond donors (Lipinski definition) is 1. The molecule has 1 aromatic heterocycles. The van der Waals surface area contributed by atoms with Gasteiger partial charge in [-0.3, -0.25) is 4.98 Å². The summed E-state index contributed by atoms with van der Waals surface area (Å²) in [5.41, 5.74) is 0.848. The van der Waals surface area contributed by atoms with E-state index in [-0.39, 0.29) is 0 Å². The SMILES string of the molecule is CCNC(c1ccc(F)cc1F)c1ncccc1Cl. The van der Waals surface area contributed by atoms with Crippen molar-refractivity contribution in [3.63, 3.8) is 0 Å². The summed E-state index contributed by atoms with van der Waals surface area (Å²) in [5.74, 6) is -1.23. The molecule has 0 spiro atoms. The number of rotatable bonds is 4. The molecule has 2 aromatic rings. The quantitative estimate of drug-likeness (QED) is 0.925. The summed E-state index contributed by atoms with van der Waals surface area (Å²) in [7, 11) is 0. The molecule has 0 bridgehead atoms. The van der Waals surface area contributed by atoms with Gasteiger partial charge in [-0.2, -0.15) is 0 Å². The maximum atomic E-state index is 13.9. The van der Waals surface area contributed by atoms with Gasteiger partial charge in [0.2, 0.25) is 0 Å². The summed E-state index contributed by atoms with van der Waals surface area (Å²) in [5, 5.41) is 3.55. The van der Waals surface area contributed by atoms with E-state index < -0.39 is 17.7 Å². The van der Waals surface area contributed by atoms with E-state index in [0.717, 1.165) is 6.07 Å². The lowest BCUT2D eigenvalue weighted by Crippen LogP contribution is -2.24. The Balaban J connectivity index is 2.48. The largest absolute Gasteiger partial charge is 0.305 e. The average Bonchev–Trinajstić information content (AvgIpc) is 2.38. The van der Waals surface area contributed by atoms with E-state index in [1.807, 2.05) is 6.92 Å². The second-order valence-electron chi connectivity index (χ2n) is 4.03. The van der Waals surface area contributed by atoms with Crippen molar-refractivity contribution < 1.29 is 8.78 Å². The number of halogens is 3. The van der Waals surface area contributed by atoms with Gasteiger partial charge < -0.3 is 5.32 Å². The van der Waals surface area contributed by atoms with Gasteiger partial charge in [0, 0.05) is 17.8 Å². The first-order valence-corrected chi connectivity index (χ1v) is 6.30. The molecule has 0 saturated carbocycles. The van der Waals surface area contributed by atoms with Crippen molar-refractivity contribution in [3.8, 4) is 0 Å². The minimum Gasteiger partial charge on any atom is -0.305 e. The molecule has 0 fully saturated rings. The Kier molecular flexibility index (Phi) is 4.45. The first-order valence-electron chi connectivity index (χ1n) is 5.92. The molecular formula is C14H13ClF2N2. The summed E-state index contributed by atoms with van der Waals surface area (Å²) in [6.07, 6.45) is 1.59. The van der Waals surface area contributed by atoms with E-state index in [9.17, 15) is 8.78 Å². The monoisotopic (exact) mass is 282 g/mol. The van der Waals surface area contributed by atoms with Crippen LogP contribution in [0.1, 0.15) is 24.2 Å². The summed E-state index contributed by atoms with van der Waals surface area (Å²) < 4.78 is 26.9. The normalized spacial score (nSPS) is 12.4. The van der Waals surface area contributed by atoms with Crippen LogP contribution in [0, 0.1) is 11.6 Å². The van der Waals surface area contributed by atoms with Gasteiger partial charge in [-0.25, -0.2) is 8.78 Å². The molecule has 0 aliphatic heterocycles. The van der Waals surface area contributed by atoms with Crippen LogP contribution in [0.2, 0.25) is 5.02 Å². The minimum absolute atomic E-state index is 0.323. The third kappa shape index (κ3) is 3.08. The van der Waals surface area contributed by atoms with E-state index in [1.165, 1.54) is 12.1 Å². The van der Waals surface area contributed by atoms with Crippen molar-refractivity contribution >= 4 is 11.6 Å². The van der Waals surface area contributed by atoms with Gasteiger partial charge in [0.15, 0.2) is 0 Å². The van der Waals surface area contributed by atoms with Crippen LogP contribution in [0.25, 0.3) is 0 Å². The fourth-order valence-corrected chi connectivity index (χ4v) is 2.13. The number of aromatic nitrogens is 1. The maximum Gasteiger partial charge on any atom is 0.131 e. The number of pyridine rings is 1. The maximum absolute atomic E-state index is 13.9. The van der Waals surface area contributed by atoms with Crippen LogP contribution in [0.15, 0.2) is 36.5 Å². The van der Waals surface area contributed by atoms with Crippen LogP contribution in [-0.4, -0.2) is 11.5 Å². The van der Waals surface area contributed by atoms with Gasteiger partial charge in [0.05, 0.1) is 16.8 Å². The van der Waals surface area contributed by atoms with Crippen molar-refractivity contribution in [2.75, 3.05) is 6.54 Å². The van der Waals surface area contributed by atoms with E-state index in [2.05, 4.69) is 10.3 Å². The Morgan fingerprint density at radius 1 is 1.32 bits per heavy atom. The van der Waals surface area contributed by atoms with Crippen LogP contribution >= 0.6 is 11.6 Å². The molecule has 1 N–H and O–H groups in total. The molecule has 5 heteroatoms. The Labute approximate surface area is 115 Å². The van der Waals surface area contributed by atoms with Gasteiger partial charge in [0.25, 0.3) is 0 Å². The van der Waals surface area contributed by atoms with Crippen LogP contribution in [0.5, 0.6) is 0 Å². The molecule has 2 rings (SSSR count). The third-order valence-corrected chi connectivity index (χ3v) is 3.06. The van der Waals surface area contributed by atoms with Crippen LogP contribution in [-0.2, 0) is 0 Å². The van der Waals surface area contributed by atoms with Gasteiger partial charge >= 0.3 is 0 Å². The Morgan fingerprint density at radius 2 is 2.11 bits per heavy atom. The predicted octanol–water partition coefficient (Wildman–Crippen LogP) is 3.71. The van der Waals surface area contributed by atoms with Crippen molar-refractivity contribution in [2.45, 2.75) is 13.0 Å². The minimum atomic E-state index is -0.618. The van der Waals surface area contributed by atoms with Crippen molar-refractivity contribution in [1.82, 2.24) is 10.3 Å². The Hall–Kier alpha value is -1.52. The fraction of sp³-hybridized carbons (Fsp3) is 0.214. The number of hydrogen-bond acceptors (Lipinski definition) is 2. The molecule has 1 atom stereocenters. The van der Waals surface area contributed by atoms with Crippen molar-refractivity contribution in [1.29, 1.82) is 0 Å². The molecular weight excluding hydrogens is 270 g/mol. The average molecular weight is 283 g/mol. The lowest BCUT2D eigenvalue weighted by atomic mass is 10.0. The molecule has 1 heterocycles. The molecule has 1 aromatic carbocycles. The van der Waals surface area contributed by atoms with E-state index in [4.69, 9.17) is 11.6 Å². The molecule has 0 radical (unpaired) electrons. The van der Waals surface area contributed by atoms with Crippen molar-refractivity contribution in [3.05, 3.63) is 64.4 Å². The van der Waals surface area contributed by atoms with E-state index >= 15 is 0 Å². The van der Waals surface area contributed by atoms with Crippen LogP contribution < -0.4 is 5.32 Å². The van der Waals surface area contributed by atoms with Gasteiger partial charge in [-0.1, -0.05) is 24.6 Å². The molecule has 0 amide bonds. The molecule has 100 valence electrons. The molecule has 2 nitrogen and oxygen atoms in total. The van der Waals surface area contributed by atoms with E-state index in [0.29, 0.717) is 22.8 Å². The summed E-state index contributed by atoms with van der Waals surface area (Å²) in [6.45, 7) is 2.50. The highest BCUT2D eigenvalue weighted by Gasteiger charge is 2.20. The van der Waals surface area contributed by atoms with Gasteiger partial charge in [-0.05, 0) is 24.7 Å². The van der Waals surface area contributed by atoms with Gasteiger partial charge in [-0.15, -0.1) is 0 Å². The first kappa shape index (κ1) is 13.9. The zero-order valence-electron chi connectivity index (χ0n) is 10.3. The van der Waals surface area contributed by atoms with Gasteiger partial charge in [0.1, 0.15) is 11.6 Å². The highest BCUT2D eigenvalue weighted by atomic mass is 35.5. The number of nitrogens with one attached hydrogen (secondary N) is 1. The zero-order valence-corrected chi connectivity index (χ0v) is 11.1. The smallest absolute Gasteiger partial charge is 0.131 e. The second-order valence-corrected chi connectivity index (χ2v) is 4.43. The summed E-state index contributed by atoms with van der Waals surface area (Å²) >= 11 is 6.09. The second kappa shape index (κ2) is 6.08. The molecule has 0 saturated heterocycles. The topological polar surface area (TPSA) is 24.9 Å². The summed E-state index contributed by atoms with van der Waals surface area (Å²) in [6, 6.07) is 6.38. The lowest BCUT2D eigenvalue weighted by Gasteiger charge is -2.19. The van der Waals surface area contributed by atoms with Crippen LogP contribution in [0.3, 0.4) is 0 Å². The highest BCUT2D eigenvalue weighted by Crippen LogP contribution is 2.28. The fourth-order valence-electron chi connectivity index (χ4n) is 1.90. The molecule has 1 unspecified atom stereocenters. The molecule has 19 heavy (non-hydrogen) atoms. The zero-order chi connectivity index (χ0) is 13.8. The van der Waals surface area contributed by atoms with Crippen molar-refractivity contribution in [2.24, 2.45) is 0 Å². The Morgan fingerprint density at radius 3 is 2.74 bits per heavy atom. The molecule has 0 aliphatic rings. The van der Waals surface area contributed by atoms with E-state index in [1.54, 1.807) is 18.3 Å². The van der Waals surface area contributed by atoms with Crippen LogP contribution in [0.4, 0.5) is 8.78 Å². The predicted molar refractivity (Wildman–Crippen MR) is 71.1 cm³/mol. The number of benzene rings is 1.